The Labute approximate surface area is 187 Å². The van der Waals surface area contributed by atoms with Crippen LogP contribution in [0.15, 0.2) is 12.1 Å². The van der Waals surface area contributed by atoms with E-state index in [0.29, 0.717) is 12.1 Å². The Morgan fingerprint density at radius 2 is 1.38 bits per heavy atom. The number of rotatable bonds is 7. The monoisotopic (exact) mass is 479 g/mol. The van der Waals surface area contributed by atoms with Crippen LogP contribution in [0.25, 0.3) is 0 Å². The van der Waals surface area contributed by atoms with Gasteiger partial charge in [-0.1, -0.05) is 0 Å². The first-order chi connectivity index (χ1) is 12.8. The van der Waals surface area contributed by atoms with Gasteiger partial charge in [0.05, 0.1) is 0 Å². The number of hydrogen-bond acceptors (Lipinski definition) is 2. The van der Waals surface area contributed by atoms with Gasteiger partial charge in [-0.25, -0.2) is 0 Å². The molecule has 0 atom stereocenters. The van der Waals surface area contributed by atoms with Gasteiger partial charge >= 0.3 is 187 Å². The fourth-order valence-corrected chi connectivity index (χ4v) is 14.9. The molecule has 0 unspecified atom stereocenters. The molecule has 0 aromatic heterocycles. The summed E-state index contributed by atoms with van der Waals surface area (Å²) in [5.41, 5.74) is 4.10. The SMILES string of the molecule is CC(C)N(Cc1cc(C(C)(C)C)cc(C(C)(C)C)[c]1[Ge](=[O])[CH2][Si](C)(C)C)C(C)C. The number of nitrogens with zero attached hydrogens (tertiary/aromatic N) is 1. The summed E-state index contributed by atoms with van der Waals surface area (Å²) in [5, 5.41) is 0. The Kier molecular flexibility index (Phi) is 8.75. The van der Waals surface area contributed by atoms with Crippen LogP contribution in [-0.4, -0.2) is 39.3 Å². The maximum absolute atomic E-state index is 13.9. The van der Waals surface area contributed by atoms with Crippen LogP contribution in [0.1, 0.15) is 85.9 Å². The van der Waals surface area contributed by atoms with Crippen molar-refractivity contribution in [2.24, 2.45) is 0 Å². The van der Waals surface area contributed by atoms with Crippen molar-refractivity contribution in [2.45, 2.75) is 123 Å². The molecule has 0 bridgehead atoms. The Morgan fingerprint density at radius 1 is 0.897 bits per heavy atom. The molecule has 0 N–H and O–H groups in total. The molecule has 1 rings (SSSR count). The normalized spacial score (nSPS) is 13.7. The Hall–Kier alpha value is -0.260. The summed E-state index contributed by atoms with van der Waals surface area (Å²) < 4.78 is 15.1. The number of hydrogen-bond donors (Lipinski definition) is 0. The van der Waals surface area contributed by atoms with E-state index >= 15 is 0 Å². The average molecular weight is 478 g/mol. The van der Waals surface area contributed by atoms with Crippen LogP contribution in [-0.2, 0) is 21.2 Å². The summed E-state index contributed by atoms with van der Waals surface area (Å²) in [6.07, 6.45) is 0. The van der Waals surface area contributed by atoms with Crippen LogP contribution in [0, 0.1) is 0 Å². The Bertz CT molecular complexity index is 710. The van der Waals surface area contributed by atoms with E-state index in [-0.39, 0.29) is 10.8 Å². The van der Waals surface area contributed by atoms with E-state index in [2.05, 4.69) is 106 Å². The van der Waals surface area contributed by atoms with Crippen LogP contribution < -0.4 is 4.40 Å². The molecule has 0 saturated heterocycles. The second kappa shape index (κ2) is 9.48. The molecule has 0 aliphatic heterocycles. The van der Waals surface area contributed by atoms with Gasteiger partial charge in [0, 0.05) is 0 Å². The van der Waals surface area contributed by atoms with Crippen molar-refractivity contribution in [3.05, 3.63) is 28.8 Å². The minimum absolute atomic E-state index is 0.00602. The van der Waals surface area contributed by atoms with Crippen molar-refractivity contribution in [3.8, 4) is 0 Å². The summed E-state index contributed by atoms with van der Waals surface area (Å²) in [6, 6.07) is 5.69. The first kappa shape index (κ1) is 26.8. The second-order valence-electron chi connectivity index (χ2n) is 12.6. The summed E-state index contributed by atoms with van der Waals surface area (Å²) in [5.74, 6) is 0. The molecule has 0 radical (unpaired) electrons. The molecule has 2 nitrogen and oxygen atoms in total. The standard InChI is InChI=1S/C25H47GeNOSi/c1-18(2)27(19(3)4)16-20-14-21(24(5,6)7)15-22(25(8,9)10)23(20)26(28)17-29(11,12)13/h14-15,18-19H,16-17H2,1-13H3. The molecule has 0 aliphatic rings. The van der Waals surface area contributed by atoms with E-state index in [0.717, 1.165) is 11.4 Å². The minimum atomic E-state index is -2.60. The van der Waals surface area contributed by atoms with E-state index in [1.165, 1.54) is 21.1 Å². The van der Waals surface area contributed by atoms with Crippen molar-refractivity contribution in [1.82, 2.24) is 4.90 Å². The van der Waals surface area contributed by atoms with E-state index in [9.17, 15) is 3.78 Å². The van der Waals surface area contributed by atoms with Gasteiger partial charge in [-0.05, 0) is 0 Å². The third-order valence-corrected chi connectivity index (χ3v) is 18.0. The van der Waals surface area contributed by atoms with Gasteiger partial charge < -0.3 is 0 Å². The van der Waals surface area contributed by atoms with E-state index < -0.39 is 22.4 Å². The van der Waals surface area contributed by atoms with Gasteiger partial charge in [0.2, 0.25) is 0 Å². The van der Waals surface area contributed by atoms with E-state index in [1.807, 2.05) is 0 Å². The molecule has 29 heavy (non-hydrogen) atoms. The fourth-order valence-electron chi connectivity index (χ4n) is 3.91. The molecular formula is C25H47GeNOSi. The van der Waals surface area contributed by atoms with Crippen LogP contribution in [0.4, 0.5) is 0 Å². The average Bonchev–Trinajstić information content (AvgIpc) is 2.47. The van der Waals surface area contributed by atoms with Crippen molar-refractivity contribution >= 4 is 26.8 Å². The van der Waals surface area contributed by atoms with Crippen molar-refractivity contribution in [1.29, 1.82) is 0 Å². The molecule has 0 spiro atoms. The molecule has 0 saturated carbocycles. The van der Waals surface area contributed by atoms with Crippen molar-refractivity contribution < 1.29 is 3.78 Å². The van der Waals surface area contributed by atoms with Crippen molar-refractivity contribution in [2.75, 3.05) is 0 Å². The quantitative estimate of drug-likeness (QED) is 0.423. The molecule has 0 fully saturated rings. The Morgan fingerprint density at radius 3 is 1.72 bits per heavy atom. The fraction of sp³-hybridized carbons (Fsp3) is 0.760. The van der Waals surface area contributed by atoms with Gasteiger partial charge in [-0.2, -0.15) is 0 Å². The van der Waals surface area contributed by atoms with Crippen LogP contribution in [0.5, 0.6) is 0 Å². The predicted molar refractivity (Wildman–Crippen MR) is 134 cm³/mol. The first-order valence-corrected chi connectivity index (χ1v) is 18.4. The summed E-state index contributed by atoms with van der Waals surface area (Å²) in [7, 11) is -1.39. The molecule has 1 aromatic rings. The molecule has 1 aromatic carbocycles. The van der Waals surface area contributed by atoms with Crippen molar-refractivity contribution in [3.63, 3.8) is 0 Å². The van der Waals surface area contributed by atoms with Gasteiger partial charge in [0.15, 0.2) is 0 Å². The molecule has 4 heteroatoms. The molecule has 0 amide bonds. The number of benzene rings is 1. The third-order valence-electron chi connectivity index (χ3n) is 5.54. The van der Waals surface area contributed by atoms with Crippen LogP contribution >= 0.6 is 0 Å². The molecule has 0 aliphatic carbocycles. The molecule has 166 valence electrons. The maximum atomic E-state index is 13.9. The summed E-state index contributed by atoms with van der Waals surface area (Å²) in [4.78, 5) is 3.50. The van der Waals surface area contributed by atoms with Gasteiger partial charge in [-0.3, -0.25) is 0 Å². The third kappa shape index (κ3) is 7.74. The van der Waals surface area contributed by atoms with Crippen LogP contribution in [0.3, 0.4) is 0 Å². The second-order valence-corrected chi connectivity index (χ2v) is 23.1. The van der Waals surface area contributed by atoms with E-state index in [4.69, 9.17) is 0 Å². The van der Waals surface area contributed by atoms with Gasteiger partial charge in [0.1, 0.15) is 0 Å². The zero-order valence-corrected chi connectivity index (χ0v) is 24.7. The summed E-state index contributed by atoms with van der Waals surface area (Å²) >= 11 is -2.60. The topological polar surface area (TPSA) is 20.3 Å². The zero-order chi connectivity index (χ0) is 22.9. The van der Waals surface area contributed by atoms with Gasteiger partial charge in [-0.15, -0.1) is 0 Å². The summed E-state index contributed by atoms with van der Waals surface area (Å²) in [6.45, 7) is 30.8. The molecular weight excluding hydrogens is 431 g/mol. The molecule has 0 heterocycles. The van der Waals surface area contributed by atoms with E-state index in [1.54, 1.807) is 0 Å². The predicted octanol–water partition coefficient (Wildman–Crippen LogP) is 6.41. The van der Waals surface area contributed by atoms with Gasteiger partial charge in [0.25, 0.3) is 0 Å². The zero-order valence-electron chi connectivity index (χ0n) is 21.6. The Balaban J connectivity index is 3.81. The first-order valence-electron chi connectivity index (χ1n) is 11.3. The van der Waals surface area contributed by atoms with Crippen LogP contribution in [0.2, 0.25) is 24.5 Å².